The molecule has 2 heterocycles. The highest BCUT2D eigenvalue weighted by Crippen LogP contribution is 2.41. The number of hydrogen-bond donors (Lipinski definition) is 4. The number of benzene rings is 1. The van der Waals surface area contributed by atoms with Crippen molar-refractivity contribution in [1.82, 2.24) is 15.3 Å². The summed E-state index contributed by atoms with van der Waals surface area (Å²) in [6, 6.07) is -2.89. The van der Waals surface area contributed by atoms with Crippen molar-refractivity contribution < 1.29 is 31.2 Å². The number of nitrogens with two attached hydrogens (primary N) is 2. The van der Waals surface area contributed by atoms with Crippen LogP contribution in [0, 0.1) is 11.6 Å². The lowest BCUT2D eigenvalue weighted by molar-refractivity contribution is -0.158. The van der Waals surface area contributed by atoms with E-state index in [0.29, 0.717) is 6.07 Å². The fourth-order valence-electron chi connectivity index (χ4n) is 2.37. The summed E-state index contributed by atoms with van der Waals surface area (Å²) in [4.78, 5) is 19.1. The Kier molecular flexibility index (Phi) is 4.66. The Morgan fingerprint density at radius 1 is 1.14 bits per heavy atom. The summed E-state index contributed by atoms with van der Waals surface area (Å²) in [5.74, 6) is -3.39. The van der Waals surface area contributed by atoms with Crippen LogP contribution in [0.2, 0.25) is 0 Å². The van der Waals surface area contributed by atoms with Crippen molar-refractivity contribution in [2.45, 2.75) is 12.2 Å². The maximum Gasteiger partial charge on any atom is 0.416 e. The molecule has 0 saturated heterocycles. The number of carbonyl (C=O) groups is 1. The number of anilines is 3. The van der Waals surface area contributed by atoms with Gasteiger partial charge in [-0.05, 0) is 6.07 Å². The molecule has 0 saturated carbocycles. The van der Waals surface area contributed by atoms with Gasteiger partial charge in [-0.2, -0.15) is 13.2 Å². The molecule has 1 atom stereocenters. The summed E-state index contributed by atoms with van der Waals surface area (Å²) in [5.41, 5.74) is 9.48. The summed E-state index contributed by atoms with van der Waals surface area (Å²) in [6.45, 7) is 0. The first kappa shape index (κ1) is 19.1. The van der Waals surface area contributed by atoms with Crippen molar-refractivity contribution in [3.63, 3.8) is 0 Å². The second kappa shape index (κ2) is 6.83. The van der Waals surface area contributed by atoms with Gasteiger partial charge in [0.05, 0.1) is 23.8 Å². The molecular weight excluding hydrogens is 391 g/mol. The second-order valence-electron chi connectivity index (χ2n) is 5.55. The zero-order valence-corrected chi connectivity index (χ0v) is 13.6. The summed E-state index contributed by atoms with van der Waals surface area (Å²) in [7, 11) is 0. The molecule has 28 heavy (non-hydrogen) atoms. The van der Waals surface area contributed by atoms with Gasteiger partial charge in [-0.1, -0.05) is 0 Å². The standard InChI is InChI=1S/C15H11F5N6O2/c16-5-1-7-9(21)11(28-10(7)8(17)2-5)12(15(18,19)20)26-14(27)25-6-3-23-13(22)24-4-6/h1-4,12H,21H2,(H2,22,23,24)(H2,25,26,27). The van der Waals surface area contributed by atoms with Crippen LogP contribution in [0.25, 0.3) is 11.0 Å². The predicted molar refractivity (Wildman–Crippen MR) is 87.9 cm³/mol. The van der Waals surface area contributed by atoms with Crippen LogP contribution >= 0.6 is 0 Å². The van der Waals surface area contributed by atoms with Crippen molar-refractivity contribution in [3.8, 4) is 0 Å². The van der Waals surface area contributed by atoms with Crippen molar-refractivity contribution in [2.75, 3.05) is 16.8 Å². The minimum Gasteiger partial charge on any atom is -0.453 e. The molecule has 0 aliphatic carbocycles. The Hall–Kier alpha value is -3.64. The van der Waals surface area contributed by atoms with Crippen molar-refractivity contribution >= 4 is 34.3 Å². The number of rotatable bonds is 3. The van der Waals surface area contributed by atoms with Crippen LogP contribution in [-0.4, -0.2) is 22.2 Å². The summed E-state index contributed by atoms with van der Waals surface area (Å²) in [6.07, 6.45) is -2.93. The van der Waals surface area contributed by atoms with Crippen LogP contribution in [0.4, 0.5) is 44.1 Å². The maximum atomic E-state index is 13.8. The number of alkyl halides is 3. The molecule has 0 aliphatic rings. The number of urea groups is 1. The zero-order valence-electron chi connectivity index (χ0n) is 13.6. The Bertz CT molecular complexity index is 1030. The van der Waals surface area contributed by atoms with Crippen LogP contribution in [0.1, 0.15) is 11.8 Å². The third kappa shape index (κ3) is 3.72. The van der Waals surface area contributed by atoms with Crippen LogP contribution < -0.4 is 22.1 Å². The molecule has 148 valence electrons. The molecule has 0 radical (unpaired) electrons. The van der Waals surface area contributed by atoms with Gasteiger partial charge in [0, 0.05) is 11.5 Å². The number of nitrogens with zero attached hydrogens (tertiary/aromatic N) is 2. The Morgan fingerprint density at radius 3 is 2.39 bits per heavy atom. The smallest absolute Gasteiger partial charge is 0.416 e. The molecule has 1 aromatic carbocycles. The summed E-state index contributed by atoms with van der Waals surface area (Å²) in [5, 5.41) is 3.30. The number of halogens is 5. The Balaban J connectivity index is 1.94. The van der Waals surface area contributed by atoms with E-state index in [2.05, 4.69) is 15.3 Å². The van der Waals surface area contributed by atoms with Crippen LogP contribution in [-0.2, 0) is 0 Å². The molecule has 6 N–H and O–H groups in total. The molecule has 3 aromatic rings. The van der Waals surface area contributed by atoms with Gasteiger partial charge in [-0.15, -0.1) is 0 Å². The molecule has 0 aliphatic heterocycles. The maximum absolute atomic E-state index is 13.8. The van der Waals surface area contributed by atoms with Gasteiger partial charge >= 0.3 is 12.2 Å². The number of amides is 2. The first-order valence-electron chi connectivity index (χ1n) is 7.45. The predicted octanol–water partition coefficient (Wildman–Crippen LogP) is 3.09. The van der Waals surface area contributed by atoms with Crippen molar-refractivity contribution in [2.24, 2.45) is 0 Å². The average Bonchev–Trinajstić information content (AvgIpc) is 2.91. The highest BCUT2D eigenvalue weighted by Gasteiger charge is 2.46. The molecular formula is C15H11F5N6O2. The topological polar surface area (TPSA) is 132 Å². The van der Waals surface area contributed by atoms with Gasteiger partial charge in [0.1, 0.15) is 5.82 Å². The first-order valence-corrected chi connectivity index (χ1v) is 7.45. The normalized spacial score (nSPS) is 12.8. The molecule has 0 fully saturated rings. The minimum absolute atomic E-state index is 0.0432. The molecule has 2 aromatic heterocycles. The minimum atomic E-state index is -5.06. The van der Waals surface area contributed by atoms with E-state index in [-0.39, 0.29) is 11.6 Å². The molecule has 1 unspecified atom stereocenters. The third-order valence-electron chi connectivity index (χ3n) is 3.57. The third-order valence-corrected chi connectivity index (χ3v) is 3.57. The molecule has 13 heteroatoms. The van der Waals surface area contributed by atoms with E-state index in [0.717, 1.165) is 18.5 Å². The van der Waals surface area contributed by atoms with E-state index < -0.39 is 52.3 Å². The number of carbonyl (C=O) groups excluding carboxylic acids is 1. The lowest BCUT2D eigenvalue weighted by Gasteiger charge is -2.20. The van der Waals surface area contributed by atoms with Gasteiger partial charge in [-0.25, -0.2) is 23.5 Å². The Morgan fingerprint density at radius 2 is 1.79 bits per heavy atom. The highest BCUT2D eigenvalue weighted by molar-refractivity contribution is 5.93. The average molecular weight is 402 g/mol. The SMILES string of the molecule is Nc1ncc(NC(=O)NC(c2oc3c(F)cc(F)cc3c2N)C(F)(F)F)cn1. The summed E-state index contributed by atoms with van der Waals surface area (Å²) < 4.78 is 72.4. The molecule has 0 spiro atoms. The van der Waals surface area contributed by atoms with Crippen molar-refractivity contribution in [1.29, 1.82) is 0 Å². The van der Waals surface area contributed by atoms with Gasteiger partial charge in [-0.3, -0.25) is 0 Å². The highest BCUT2D eigenvalue weighted by atomic mass is 19.4. The lowest BCUT2D eigenvalue weighted by Crippen LogP contribution is -2.40. The molecule has 2 amide bonds. The number of nitrogens with one attached hydrogen (secondary N) is 2. The van der Waals surface area contributed by atoms with E-state index in [9.17, 15) is 26.7 Å². The van der Waals surface area contributed by atoms with Crippen LogP contribution in [0.5, 0.6) is 0 Å². The van der Waals surface area contributed by atoms with Crippen LogP contribution in [0.15, 0.2) is 28.9 Å². The largest absolute Gasteiger partial charge is 0.453 e. The number of fused-ring (bicyclic) bond motifs is 1. The second-order valence-corrected chi connectivity index (χ2v) is 5.55. The van der Waals surface area contributed by atoms with E-state index in [1.54, 1.807) is 5.32 Å². The van der Waals surface area contributed by atoms with Gasteiger partial charge in [0.2, 0.25) is 5.95 Å². The van der Waals surface area contributed by atoms with E-state index in [1.807, 2.05) is 0 Å². The number of aromatic nitrogens is 2. The van der Waals surface area contributed by atoms with Gasteiger partial charge in [0.25, 0.3) is 0 Å². The Labute approximate surface area is 152 Å². The molecule has 3 rings (SSSR count). The van der Waals surface area contributed by atoms with Gasteiger partial charge in [0.15, 0.2) is 23.2 Å². The van der Waals surface area contributed by atoms with Crippen molar-refractivity contribution in [3.05, 3.63) is 41.9 Å². The van der Waals surface area contributed by atoms with E-state index in [4.69, 9.17) is 15.9 Å². The summed E-state index contributed by atoms with van der Waals surface area (Å²) >= 11 is 0. The van der Waals surface area contributed by atoms with Gasteiger partial charge < -0.3 is 26.5 Å². The quantitative estimate of drug-likeness (QED) is 0.498. The number of hydrogen-bond acceptors (Lipinski definition) is 6. The fraction of sp³-hybridized carbons (Fsp3) is 0.133. The molecule has 0 bridgehead atoms. The molecule has 8 nitrogen and oxygen atoms in total. The zero-order chi connectivity index (χ0) is 20.6. The monoisotopic (exact) mass is 402 g/mol. The van der Waals surface area contributed by atoms with E-state index in [1.165, 1.54) is 0 Å². The number of furan rings is 1. The number of nitrogen functional groups attached to an aromatic ring is 2. The van der Waals surface area contributed by atoms with Crippen LogP contribution in [0.3, 0.4) is 0 Å². The fourth-order valence-corrected chi connectivity index (χ4v) is 2.37. The lowest BCUT2D eigenvalue weighted by atomic mass is 10.1. The van der Waals surface area contributed by atoms with E-state index >= 15 is 0 Å². The first-order chi connectivity index (χ1) is 13.1.